The standard InChI is InChI=1S/C16H25Cl2NO/c1-5-14(12-7-6-11(17)10-13(12)18)19-15(8-9-20)16(2,3)4/h6-7,10,14-15,19-20H,5,8-9H2,1-4H3. The average Bonchev–Trinajstić information content (AvgIpc) is 2.34. The number of hydrogen-bond donors (Lipinski definition) is 2. The molecule has 0 saturated carbocycles. The molecule has 2 nitrogen and oxygen atoms in total. The second-order valence-electron chi connectivity index (χ2n) is 6.22. The maximum Gasteiger partial charge on any atom is 0.0468 e. The van der Waals surface area contributed by atoms with E-state index in [1.165, 1.54) is 0 Å². The normalized spacial score (nSPS) is 15.2. The lowest BCUT2D eigenvalue weighted by molar-refractivity contribution is 0.184. The van der Waals surface area contributed by atoms with E-state index in [0.717, 1.165) is 18.4 Å². The van der Waals surface area contributed by atoms with Crippen molar-refractivity contribution in [1.82, 2.24) is 5.32 Å². The lowest BCUT2D eigenvalue weighted by Crippen LogP contribution is -2.42. The summed E-state index contributed by atoms with van der Waals surface area (Å²) in [6, 6.07) is 6.01. The predicted molar refractivity (Wildman–Crippen MR) is 87.6 cm³/mol. The van der Waals surface area contributed by atoms with Crippen molar-refractivity contribution in [3.63, 3.8) is 0 Å². The van der Waals surface area contributed by atoms with Gasteiger partial charge in [0.2, 0.25) is 0 Å². The number of halogens is 2. The summed E-state index contributed by atoms with van der Waals surface area (Å²) in [6.07, 6.45) is 1.66. The highest BCUT2D eigenvalue weighted by atomic mass is 35.5. The molecule has 0 fully saturated rings. The molecule has 1 aromatic carbocycles. The minimum atomic E-state index is 0.0784. The summed E-state index contributed by atoms with van der Waals surface area (Å²) in [5.41, 5.74) is 1.14. The van der Waals surface area contributed by atoms with Crippen LogP contribution in [0.2, 0.25) is 10.0 Å². The van der Waals surface area contributed by atoms with Gasteiger partial charge in [0.15, 0.2) is 0 Å². The van der Waals surface area contributed by atoms with Gasteiger partial charge >= 0.3 is 0 Å². The molecule has 0 aromatic heterocycles. The average molecular weight is 318 g/mol. The Kier molecular flexibility index (Phi) is 6.80. The van der Waals surface area contributed by atoms with Gasteiger partial charge in [-0.05, 0) is 36.0 Å². The largest absolute Gasteiger partial charge is 0.396 e. The fourth-order valence-corrected chi connectivity index (χ4v) is 2.89. The lowest BCUT2D eigenvalue weighted by atomic mass is 9.84. The fourth-order valence-electron chi connectivity index (χ4n) is 2.35. The summed E-state index contributed by atoms with van der Waals surface area (Å²) < 4.78 is 0. The molecule has 0 aliphatic carbocycles. The maximum absolute atomic E-state index is 9.26. The van der Waals surface area contributed by atoms with Crippen LogP contribution < -0.4 is 5.32 Å². The third-order valence-corrected chi connectivity index (χ3v) is 4.17. The number of aliphatic hydroxyl groups is 1. The highest BCUT2D eigenvalue weighted by Crippen LogP contribution is 2.31. The molecule has 0 amide bonds. The number of hydrogen-bond acceptors (Lipinski definition) is 2. The Morgan fingerprint density at radius 1 is 1.25 bits per heavy atom. The number of nitrogens with one attached hydrogen (secondary N) is 1. The van der Waals surface area contributed by atoms with Crippen molar-refractivity contribution in [1.29, 1.82) is 0 Å². The highest BCUT2D eigenvalue weighted by molar-refractivity contribution is 6.35. The van der Waals surface area contributed by atoms with Crippen LogP contribution in [0, 0.1) is 5.41 Å². The molecular formula is C16H25Cl2NO. The van der Waals surface area contributed by atoms with E-state index in [1.54, 1.807) is 6.07 Å². The molecule has 1 rings (SSSR count). The SMILES string of the molecule is CCC(NC(CCO)C(C)(C)C)c1ccc(Cl)cc1Cl. The Hall–Kier alpha value is -0.280. The van der Waals surface area contributed by atoms with Gasteiger partial charge in [-0.2, -0.15) is 0 Å². The van der Waals surface area contributed by atoms with E-state index in [4.69, 9.17) is 23.2 Å². The molecule has 4 heteroatoms. The molecule has 2 N–H and O–H groups in total. The first-order valence-electron chi connectivity index (χ1n) is 7.11. The molecule has 0 saturated heterocycles. The molecule has 2 atom stereocenters. The topological polar surface area (TPSA) is 32.3 Å². The van der Waals surface area contributed by atoms with Crippen LogP contribution in [0.3, 0.4) is 0 Å². The molecule has 20 heavy (non-hydrogen) atoms. The van der Waals surface area contributed by atoms with Crippen LogP contribution in [-0.4, -0.2) is 17.8 Å². The molecule has 2 unspecified atom stereocenters. The Bertz CT molecular complexity index is 429. The third-order valence-electron chi connectivity index (χ3n) is 3.61. The third kappa shape index (κ3) is 4.92. The molecule has 1 aromatic rings. The zero-order valence-electron chi connectivity index (χ0n) is 12.7. The molecule has 0 aliphatic rings. The van der Waals surface area contributed by atoms with E-state index in [0.29, 0.717) is 10.0 Å². The minimum absolute atomic E-state index is 0.0784. The van der Waals surface area contributed by atoms with Crippen molar-refractivity contribution >= 4 is 23.2 Å². The summed E-state index contributed by atoms with van der Waals surface area (Å²) in [6.45, 7) is 8.84. The summed E-state index contributed by atoms with van der Waals surface area (Å²) >= 11 is 12.3. The van der Waals surface area contributed by atoms with Crippen LogP contribution >= 0.6 is 23.2 Å². The van der Waals surface area contributed by atoms with Crippen molar-refractivity contribution < 1.29 is 5.11 Å². The van der Waals surface area contributed by atoms with Crippen LogP contribution in [0.15, 0.2) is 18.2 Å². The van der Waals surface area contributed by atoms with E-state index in [2.05, 4.69) is 33.0 Å². The van der Waals surface area contributed by atoms with Crippen LogP contribution in [-0.2, 0) is 0 Å². The lowest BCUT2D eigenvalue weighted by Gasteiger charge is -2.35. The first kappa shape index (κ1) is 17.8. The molecule has 0 heterocycles. The van der Waals surface area contributed by atoms with Gasteiger partial charge in [-0.15, -0.1) is 0 Å². The van der Waals surface area contributed by atoms with Crippen LogP contribution in [0.1, 0.15) is 52.1 Å². The summed E-state index contributed by atoms with van der Waals surface area (Å²) in [5, 5.41) is 14.2. The Morgan fingerprint density at radius 2 is 1.90 bits per heavy atom. The number of aliphatic hydroxyl groups excluding tert-OH is 1. The Balaban J connectivity index is 2.95. The number of rotatable bonds is 6. The van der Waals surface area contributed by atoms with Crippen LogP contribution in [0.4, 0.5) is 0 Å². The van der Waals surface area contributed by atoms with Crippen molar-refractivity contribution in [2.24, 2.45) is 5.41 Å². The fraction of sp³-hybridized carbons (Fsp3) is 0.625. The molecular weight excluding hydrogens is 293 g/mol. The van der Waals surface area contributed by atoms with E-state index in [-0.39, 0.29) is 24.1 Å². The van der Waals surface area contributed by atoms with E-state index < -0.39 is 0 Å². The van der Waals surface area contributed by atoms with Crippen LogP contribution in [0.25, 0.3) is 0 Å². The number of benzene rings is 1. The smallest absolute Gasteiger partial charge is 0.0468 e. The van der Waals surface area contributed by atoms with Gasteiger partial charge < -0.3 is 10.4 Å². The molecule has 0 bridgehead atoms. The van der Waals surface area contributed by atoms with Crippen molar-refractivity contribution in [3.05, 3.63) is 33.8 Å². The molecule has 114 valence electrons. The maximum atomic E-state index is 9.26. The van der Waals surface area contributed by atoms with Gasteiger partial charge in [0.05, 0.1) is 0 Å². The second-order valence-corrected chi connectivity index (χ2v) is 7.07. The zero-order chi connectivity index (χ0) is 15.3. The van der Waals surface area contributed by atoms with Gasteiger partial charge in [-0.3, -0.25) is 0 Å². The van der Waals surface area contributed by atoms with Gasteiger partial charge in [0, 0.05) is 28.7 Å². The minimum Gasteiger partial charge on any atom is -0.396 e. The quantitative estimate of drug-likeness (QED) is 0.787. The van der Waals surface area contributed by atoms with Crippen molar-refractivity contribution in [2.45, 2.75) is 52.6 Å². The zero-order valence-corrected chi connectivity index (χ0v) is 14.2. The first-order valence-corrected chi connectivity index (χ1v) is 7.87. The van der Waals surface area contributed by atoms with Crippen LogP contribution in [0.5, 0.6) is 0 Å². The molecule has 0 radical (unpaired) electrons. The molecule has 0 spiro atoms. The van der Waals surface area contributed by atoms with E-state index in [9.17, 15) is 5.11 Å². The molecule has 0 aliphatic heterocycles. The summed E-state index contributed by atoms with van der Waals surface area (Å²) in [7, 11) is 0. The van der Waals surface area contributed by atoms with E-state index >= 15 is 0 Å². The van der Waals surface area contributed by atoms with Crippen molar-refractivity contribution in [2.75, 3.05) is 6.61 Å². The summed E-state index contributed by atoms with van der Waals surface area (Å²) in [5.74, 6) is 0. The van der Waals surface area contributed by atoms with Gasteiger partial charge in [0.1, 0.15) is 0 Å². The van der Waals surface area contributed by atoms with Gasteiger partial charge in [0.25, 0.3) is 0 Å². The van der Waals surface area contributed by atoms with Gasteiger partial charge in [-0.25, -0.2) is 0 Å². The monoisotopic (exact) mass is 317 g/mol. The Labute approximate surface area is 132 Å². The van der Waals surface area contributed by atoms with E-state index in [1.807, 2.05) is 12.1 Å². The van der Waals surface area contributed by atoms with Gasteiger partial charge in [-0.1, -0.05) is 57.0 Å². The first-order chi connectivity index (χ1) is 9.29. The second kappa shape index (κ2) is 7.65. The summed E-state index contributed by atoms with van der Waals surface area (Å²) in [4.78, 5) is 0. The Morgan fingerprint density at radius 3 is 2.35 bits per heavy atom. The van der Waals surface area contributed by atoms with Crippen molar-refractivity contribution in [3.8, 4) is 0 Å². The predicted octanol–water partition coefficient (Wildman–Crippen LogP) is 4.83. The highest BCUT2D eigenvalue weighted by Gasteiger charge is 2.27.